The van der Waals surface area contributed by atoms with Crippen molar-refractivity contribution in [1.29, 1.82) is 0 Å². The van der Waals surface area contributed by atoms with E-state index in [2.05, 4.69) is 30.1 Å². The maximum Gasteiger partial charge on any atom is 0.239 e. The molecule has 2 aromatic carbocycles. The average molecular weight is 396 g/mol. The van der Waals surface area contributed by atoms with Crippen LogP contribution in [0.4, 0.5) is 11.4 Å². The lowest BCUT2D eigenvalue weighted by molar-refractivity contribution is -0.145. The summed E-state index contributed by atoms with van der Waals surface area (Å²) in [5.74, 6) is -0.516. The Morgan fingerprint density at radius 3 is 2.17 bits per heavy atom. The molecule has 2 aromatic rings. The van der Waals surface area contributed by atoms with Crippen LogP contribution in [0, 0.1) is 12.3 Å². The van der Waals surface area contributed by atoms with Crippen molar-refractivity contribution < 1.29 is 9.59 Å². The monoisotopic (exact) mass is 395 g/mol. The molecule has 1 N–H and O–H groups in total. The van der Waals surface area contributed by atoms with Gasteiger partial charge < -0.3 is 15.1 Å². The van der Waals surface area contributed by atoms with Gasteiger partial charge in [0.05, 0.1) is 0 Å². The number of nitrogens with one attached hydrogen (secondary N) is 1. The summed E-state index contributed by atoms with van der Waals surface area (Å²) in [5.41, 5.74) is 2.69. The summed E-state index contributed by atoms with van der Waals surface area (Å²) >= 11 is 0. The molecular formula is C24H33N3O2. The molecule has 0 unspecified atom stereocenters. The van der Waals surface area contributed by atoms with Gasteiger partial charge in [0.15, 0.2) is 0 Å². The highest BCUT2D eigenvalue weighted by Crippen LogP contribution is 2.26. The zero-order valence-corrected chi connectivity index (χ0v) is 18.5. The Balaban J connectivity index is 2.11. The molecular weight excluding hydrogens is 362 g/mol. The highest BCUT2D eigenvalue weighted by molar-refractivity contribution is 6.10. The third-order valence-electron chi connectivity index (χ3n) is 5.30. The molecule has 0 saturated carbocycles. The maximum atomic E-state index is 13.0. The minimum absolute atomic E-state index is 0.212. The van der Waals surface area contributed by atoms with Gasteiger partial charge in [0, 0.05) is 38.1 Å². The minimum atomic E-state index is -1.17. The van der Waals surface area contributed by atoms with Gasteiger partial charge in [-0.3, -0.25) is 9.59 Å². The Morgan fingerprint density at radius 2 is 1.62 bits per heavy atom. The molecule has 0 fully saturated rings. The molecule has 2 rings (SSSR count). The highest BCUT2D eigenvalue weighted by Gasteiger charge is 2.38. The topological polar surface area (TPSA) is 52.7 Å². The summed E-state index contributed by atoms with van der Waals surface area (Å²) in [5, 5.41) is 2.95. The largest absolute Gasteiger partial charge is 0.372 e. The van der Waals surface area contributed by atoms with Gasteiger partial charge in [0.1, 0.15) is 5.41 Å². The molecule has 156 valence electrons. The molecule has 0 atom stereocenters. The zero-order chi connectivity index (χ0) is 21.6. The predicted octanol–water partition coefficient (Wildman–Crippen LogP) is 4.46. The van der Waals surface area contributed by atoms with E-state index in [1.54, 1.807) is 25.8 Å². The molecule has 0 aliphatic rings. The van der Waals surface area contributed by atoms with Crippen molar-refractivity contribution in [1.82, 2.24) is 4.90 Å². The van der Waals surface area contributed by atoms with Crippen molar-refractivity contribution in [2.45, 2.75) is 41.2 Å². The molecule has 0 spiro atoms. The minimum Gasteiger partial charge on any atom is -0.372 e. The number of hydrogen-bond donors (Lipinski definition) is 1. The molecule has 0 radical (unpaired) electrons. The van der Waals surface area contributed by atoms with Gasteiger partial charge in [0.25, 0.3) is 0 Å². The van der Waals surface area contributed by atoms with Crippen molar-refractivity contribution in [3.05, 3.63) is 59.7 Å². The van der Waals surface area contributed by atoms with Crippen molar-refractivity contribution in [2.24, 2.45) is 5.41 Å². The Labute approximate surface area is 174 Å². The van der Waals surface area contributed by atoms with Crippen LogP contribution in [0.2, 0.25) is 0 Å². The lowest BCUT2D eigenvalue weighted by atomic mass is 9.90. The fourth-order valence-corrected chi connectivity index (χ4v) is 3.36. The van der Waals surface area contributed by atoms with Crippen molar-refractivity contribution in [2.75, 3.05) is 30.4 Å². The van der Waals surface area contributed by atoms with Crippen LogP contribution in [0.5, 0.6) is 0 Å². The number of hydrogen-bond acceptors (Lipinski definition) is 3. The van der Waals surface area contributed by atoms with E-state index in [9.17, 15) is 9.59 Å². The average Bonchev–Trinajstić information content (AvgIpc) is 2.70. The van der Waals surface area contributed by atoms with E-state index in [-0.39, 0.29) is 11.8 Å². The molecule has 0 bridgehead atoms. The molecule has 2 amide bonds. The van der Waals surface area contributed by atoms with Crippen LogP contribution in [-0.2, 0) is 16.1 Å². The van der Waals surface area contributed by atoms with Gasteiger partial charge in [-0.15, -0.1) is 0 Å². The first-order valence-electron chi connectivity index (χ1n) is 10.2. The van der Waals surface area contributed by atoms with Crippen molar-refractivity contribution in [3.63, 3.8) is 0 Å². The molecule has 5 heteroatoms. The first kappa shape index (κ1) is 22.5. The van der Waals surface area contributed by atoms with Gasteiger partial charge >= 0.3 is 0 Å². The van der Waals surface area contributed by atoms with E-state index in [1.165, 1.54) is 0 Å². The van der Waals surface area contributed by atoms with Crippen LogP contribution < -0.4 is 10.2 Å². The maximum absolute atomic E-state index is 13.0. The summed E-state index contributed by atoms with van der Waals surface area (Å²) in [6, 6.07) is 15.7. The van der Waals surface area contributed by atoms with Crippen molar-refractivity contribution in [3.8, 4) is 0 Å². The second-order valence-electron chi connectivity index (χ2n) is 7.90. The fourth-order valence-electron chi connectivity index (χ4n) is 3.36. The number of rotatable bonds is 8. The summed E-state index contributed by atoms with van der Waals surface area (Å²) in [6.07, 6.45) is 0. The van der Waals surface area contributed by atoms with Crippen LogP contribution in [0.3, 0.4) is 0 Å². The zero-order valence-electron chi connectivity index (χ0n) is 18.5. The van der Waals surface area contributed by atoms with Crippen LogP contribution in [-0.4, -0.2) is 36.9 Å². The van der Waals surface area contributed by atoms with Gasteiger partial charge in [0.2, 0.25) is 11.8 Å². The molecule has 0 aliphatic heterocycles. The standard InChI is InChI=1S/C24H33N3O2/c1-7-27(8-2)20-14-15-21(18(3)16-20)25-22(28)24(4,5)23(29)26(6)17-19-12-10-9-11-13-19/h9-16H,7-8,17H2,1-6H3,(H,25,28). The number of anilines is 2. The summed E-state index contributed by atoms with van der Waals surface area (Å²) in [6.45, 7) is 11.9. The Morgan fingerprint density at radius 1 is 1.00 bits per heavy atom. The Kier molecular flexibility index (Phi) is 7.43. The van der Waals surface area contributed by atoms with E-state index in [1.807, 2.05) is 49.4 Å². The number of amides is 2. The molecule has 0 aromatic heterocycles. The van der Waals surface area contributed by atoms with Gasteiger partial charge in [-0.25, -0.2) is 0 Å². The van der Waals surface area contributed by atoms with E-state index < -0.39 is 5.41 Å². The summed E-state index contributed by atoms with van der Waals surface area (Å²) in [7, 11) is 1.73. The van der Waals surface area contributed by atoms with Crippen molar-refractivity contribution >= 4 is 23.2 Å². The van der Waals surface area contributed by atoms with Crippen LogP contribution in [0.25, 0.3) is 0 Å². The lowest BCUT2D eigenvalue weighted by Crippen LogP contribution is -2.45. The first-order chi connectivity index (χ1) is 13.7. The summed E-state index contributed by atoms with van der Waals surface area (Å²) in [4.78, 5) is 29.8. The lowest BCUT2D eigenvalue weighted by Gasteiger charge is -2.29. The molecule has 29 heavy (non-hydrogen) atoms. The second kappa shape index (κ2) is 9.59. The van der Waals surface area contributed by atoms with Crippen LogP contribution in [0.1, 0.15) is 38.8 Å². The van der Waals surface area contributed by atoms with E-state index in [0.717, 1.165) is 35.6 Å². The first-order valence-corrected chi connectivity index (χ1v) is 10.2. The van der Waals surface area contributed by atoms with E-state index >= 15 is 0 Å². The van der Waals surface area contributed by atoms with Crippen LogP contribution >= 0.6 is 0 Å². The summed E-state index contributed by atoms with van der Waals surface area (Å²) < 4.78 is 0. The van der Waals surface area contributed by atoms with Gasteiger partial charge in [-0.05, 0) is 63.9 Å². The SMILES string of the molecule is CCN(CC)c1ccc(NC(=O)C(C)(C)C(=O)N(C)Cc2ccccc2)c(C)c1. The number of aryl methyl sites for hydroxylation is 1. The number of carbonyl (C=O) groups is 2. The third kappa shape index (κ3) is 5.37. The number of benzene rings is 2. The molecule has 0 aliphatic carbocycles. The van der Waals surface area contributed by atoms with E-state index in [4.69, 9.17) is 0 Å². The third-order valence-corrected chi connectivity index (χ3v) is 5.30. The molecule has 0 saturated heterocycles. The van der Waals surface area contributed by atoms with Gasteiger partial charge in [-0.2, -0.15) is 0 Å². The number of nitrogens with zero attached hydrogens (tertiary/aromatic N) is 2. The Bertz CT molecular complexity index is 842. The smallest absolute Gasteiger partial charge is 0.239 e. The predicted molar refractivity (Wildman–Crippen MR) is 120 cm³/mol. The molecule has 0 heterocycles. The van der Waals surface area contributed by atoms with Crippen LogP contribution in [0.15, 0.2) is 48.5 Å². The fraction of sp³-hybridized carbons (Fsp3) is 0.417. The normalized spacial score (nSPS) is 11.1. The van der Waals surface area contributed by atoms with Gasteiger partial charge in [-0.1, -0.05) is 30.3 Å². The quantitative estimate of drug-likeness (QED) is 0.671. The number of carbonyl (C=O) groups excluding carboxylic acids is 2. The second-order valence-corrected chi connectivity index (χ2v) is 7.90. The Hall–Kier alpha value is -2.82. The van der Waals surface area contributed by atoms with E-state index in [0.29, 0.717) is 6.54 Å². The molecule has 5 nitrogen and oxygen atoms in total. The highest BCUT2D eigenvalue weighted by atomic mass is 16.2.